The summed E-state index contributed by atoms with van der Waals surface area (Å²) >= 11 is 1.77. The third kappa shape index (κ3) is 12.9. The highest BCUT2D eigenvalue weighted by molar-refractivity contribution is 7.19. The van der Waals surface area contributed by atoms with Crippen LogP contribution in [-0.4, -0.2) is 23.4 Å². The summed E-state index contributed by atoms with van der Waals surface area (Å²) in [6, 6.07) is 169. The smallest absolute Gasteiger partial charge is 0.101 e. The molecule has 0 atom stereocenters. The van der Waals surface area contributed by atoms with E-state index in [1.807, 2.05) is 12.1 Å². The van der Waals surface area contributed by atoms with Gasteiger partial charge in [-0.1, -0.05) is 353 Å². The minimum atomic E-state index is -0.174. The standard InChI is InChI=1S/C71H53N3OS.C66H49N3/c1-70(2)59-25-12-8-21-51(59)53-35-33-49(40-61(53)70)73-63-27-14-10-23-55(63)58-42-57(45-29-31-47(32-30-45)72(48-20-16-17-44(39-48)43-75)66-38-37-65(76-66)46-18-6-5-7-19-46)67-56-24-11-15-28-64(56)74(69(67)68(58)73)50-34-36-54-52-22-9-13-26-60(52)71(3,4)62(54)41-50;1-65(2)56-27-15-11-23-48(56)50-37-35-46(39-58(50)65)68-60-29-17-13-25-52(60)55-41-54(42-31-33-45(34-32-42)67(43-19-7-5-8-20-43)44-21-9-6-10-22-44)62-53-26-14-18-30-61(53)69(64(62)63(55)68)47-36-38-51-49-24-12-16-28-57(49)66(3,4)59(51)40-47/h5-42,75H,43H2,1-4H3;5-41H,1-4H3. The van der Waals surface area contributed by atoms with Gasteiger partial charge in [0.05, 0.1) is 50.7 Å². The minimum Gasteiger partial charge on any atom is -0.392 e. The molecule has 0 saturated carbocycles. The van der Waals surface area contributed by atoms with Crippen molar-refractivity contribution in [1.29, 1.82) is 0 Å². The van der Waals surface area contributed by atoms with Crippen molar-refractivity contribution in [1.82, 2.24) is 18.3 Å². The summed E-state index contributed by atoms with van der Waals surface area (Å²) in [5, 5.41) is 21.2. The van der Waals surface area contributed by atoms with Crippen LogP contribution in [0.25, 0.3) is 187 Å². The van der Waals surface area contributed by atoms with Crippen molar-refractivity contribution in [2.75, 3.05) is 9.80 Å². The first-order valence-corrected chi connectivity index (χ1v) is 51.5. The highest BCUT2D eigenvalue weighted by Crippen LogP contribution is 2.59. The van der Waals surface area contributed by atoms with Crippen molar-refractivity contribution in [3.05, 3.63) is 505 Å². The van der Waals surface area contributed by atoms with Crippen LogP contribution in [0.15, 0.2) is 455 Å². The van der Waals surface area contributed by atoms with E-state index in [-0.39, 0.29) is 28.3 Å². The van der Waals surface area contributed by atoms with Crippen LogP contribution in [0.4, 0.5) is 33.4 Å². The molecule has 692 valence electrons. The summed E-state index contributed by atoms with van der Waals surface area (Å²) in [6.45, 7) is 19.0. The maximum Gasteiger partial charge on any atom is 0.101 e. The average molecular weight is 1880 g/mol. The second-order valence-electron chi connectivity index (χ2n) is 41.9. The summed E-state index contributed by atoms with van der Waals surface area (Å²) in [4.78, 5) is 5.86. The number of nitrogens with zero attached hydrogens (tertiary/aromatic N) is 6. The predicted molar refractivity (Wildman–Crippen MR) is 610 cm³/mol. The molecule has 7 nitrogen and oxygen atoms in total. The third-order valence-corrected chi connectivity index (χ3v) is 33.7. The Morgan fingerprint density at radius 3 is 0.897 bits per heavy atom. The molecule has 145 heavy (non-hydrogen) atoms. The topological polar surface area (TPSA) is 46.4 Å². The van der Waals surface area contributed by atoms with Crippen LogP contribution in [0.5, 0.6) is 0 Å². The lowest BCUT2D eigenvalue weighted by Crippen LogP contribution is -2.15. The molecule has 0 saturated heterocycles. The Morgan fingerprint density at radius 1 is 0.214 bits per heavy atom. The Morgan fingerprint density at radius 2 is 0.517 bits per heavy atom. The van der Waals surface area contributed by atoms with Crippen molar-refractivity contribution >= 4 is 132 Å². The summed E-state index contributed by atoms with van der Waals surface area (Å²) in [5.74, 6) is 0. The molecular weight excluding hydrogens is 1780 g/mol. The normalized spacial score (nSPS) is 13.9. The van der Waals surface area contributed by atoms with Crippen LogP contribution < -0.4 is 9.80 Å². The zero-order valence-corrected chi connectivity index (χ0v) is 82.9. The zero-order chi connectivity index (χ0) is 97.2. The van der Waals surface area contributed by atoms with Gasteiger partial charge in [-0.25, -0.2) is 0 Å². The molecule has 4 aliphatic rings. The Hall–Kier alpha value is -17.1. The number of aromatic nitrogens is 4. The molecule has 4 aliphatic carbocycles. The fourth-order valence-corrected chi connectivity index (χ4v) is 26.7. The molecule has 8 heteroatoms. The number of hydrogen-bond donors (Lipinski definition) is 1. The number of aliphatic hydroxyl groups excluding tert-OH is 1. The summed E-state index contributed by atoms with van der Waals surface area (Å²) in [5.41, 5.74) is 47.2. The van der Waals surface area contributed by atoms with Gasteiger partial charge in [0.15, 0.2) is 0 Å². The average Bonchev–Trinajstić information content (AvgIpc) is 1.53. The highest BCUT2D eigenvalue weighted by Gasteiger charge is 2.42. The molecule has 0 fully saturated rings. The highest BCUT2D eigenvalue weighted by atomic mass is 32.1. The van der Waals surface area contributed by atoms with Crippen LogP contribution in [0.1, 0.15) is 105 Å². The monoisotopic (exact) mass is 1880 g/mol. The van der Waals surface area contributed by atoms with E-state index in [2.05, 4.69) is 526 Å². The molecule has 0 unspecified atom stereocenters. The number of rotatable bonds is 14. The van der Waals surface area contributed by atoms with E-state index < -0.39 is 0 Å². The quantitative estimate of drug-likeness (QED) is 0.118. The lowest BCUT2D eigenvalue weighted by molar-refractivity contribution is 0.282. The number of fused-ring (bicyclic) bond motifs is 26. The van der Waals surface area contributed by atoms with Crippen LogP contribution in [0.3, 0.4) is 0 Å². The Bertz CT molecular complexity index is 9640. The van der Waals surface area contributed by atoms with E-state index in [0.29, 0.717) is 0 Å². The van der Waals surface area contributed by atoms with Gasteiger partial charge in [0.1, 0.15) is 5.00 Å². The van der Waals surface area contributed by atoms with Crippen molar-refractivity contribution in [3.63, 3.8) is 0 Å². The molecule has 0 radical (unpaired) electrons. The number of para-hydroxylation sites is 6. The fraction of sp³-hybridized carbons (Fsp3) is 0.0949. The van der Waals surface area contributed by atoms with Crippen LogP contribution in [0, 0.1) is 0 Å². The maximum atomic E-state index is 10.3. The number of hydrogen-bond acceptors (Lipinski definition) is 4. The Labute approximate surface area is 847 Å². The second kappa shape index (κ2) is 32.4. The van der Waals surface area contributed by atoms with Gasteiger partial charge in [-0.3, -0.25) is 0 Å². The van der Waals surface area contributed by atoms with Gasteiger partial charge < -0.3 is 33.2 Å². The van der Waals surface area contributed by atoms with Gasteiger partial charge in [0.2, 0.25) is 0 Å². The first-order chi connectivity index (χ1) is 70.9. The van der Waals surface area contributed by atoms with E-state index >= 15 is 0 Å². The van der Waals surface area contributed by atoms with Gasteiger partial charge in [-0.15, -0.1) is 11.3 Å². The first-order valence-electron chi connectivity index (χ1n) is 50.7. The number of benzene rings is 20. The fourth-order valence-electron chi connectivity index (χ4n) is 25.6. The van der Waals surface area contributed by atoms with Crippen molar-refractivity contribution in [3.8, 4) is 100.0 Å². The molecule has 1 N–H and O–H groups in total. The van der Waals surface area contributed by atoms with Crippen LogP contribution >= 0.6 is 11.3 Å². The summed E-state index contributed by atoms with van der Waals surface area (Å²) in [6.07, 6.45) is 0. The molecule has 5 aromatic heterocycles. The molecule has 20 aromatic carbocycles. The van der Waals surface area contributed by atoms with Crippen molar-refractivity contribution in [2.45, 2.75) is 83.7 Å². The van der Waals surface area contributed by atoms with E-state index in [4.69, 9.17) is 0 Å². The summed E-state index contributed by atoms with van der Waals surface area (Å²) in [7, 11) is 0. The van der Waals surface area contributed by atoms with Gasteiger partial charge >= 0.3 is 0 Å². The molecule has 29 rings (SSSR count). The Balaban J connectivity index is 0.000000141. The molecule has 0 spiro atoms. The van der Waals surface area contributed by atoms with E-state index in [1.54, 1.807) is 11.3 Å². The lowest BCUT2D eigenvalue weighted by atomic mass is 9.82. The minimum absolute atomic E-state index is 0.0294. The second-order valence-corrected chi connectivity index (χ2v) is 42.9. The van der Waals surface area contributed by atoms with Gasteiger partial charge in [-0.2, -0.15) is 0 Å². The van der Waals surface area contributed by atoms with Gasteiger partial charge in [0, 0.05) is 121 Å². The molecule has 0 amide bonds. The number of thiophene rings is 1. The number of anilines is 6. The lowest BCUT2D eigenvalue weighted by Gasteiger charge is -2.25. The van der Waals surface area contributed by atoms with E-state index in [0.717, 1.165) is 55.9 Å². The molecule has 0 aliphatic heterocycles. The first kappa shape index (κ1) is 85.8. The maximum absolute atomic E-state index is 10.3. The number of aliphatic hydroxyl groups is 1. The van der Waals surface area contributed by atoms with Crippen LogP contribution in [-0.2, 0) is 28.3 Å². The van der Waals surface area contributed by atoms with E-state index in [9.17, 15) is 5.11 Å². The Kier molecular flexibility index (Phi) is 19.2. The SMILES string of the molecule is CC1(C)c2ccccc2-c2ccc(-n3c4ccccc4c4cc(-c5ccc(N(c6cccc(CO)c6)c6ccc(-c7ccccc7)s6)cc5)c5c6ccccc6n(-c6ccc7c(c6)C(C)(C)c6ccccc6-7)c5c43)cc21.CC1(C)c2ccccc2-c2ccc(-n3c4ccccc4c4cc(-c5ccc(N(c6ccccc6)c6ccccc6)cc5)c5c6ccccc6n(-c6ccc7c(c6)C(C)(C)c6ccccc6-7)c5c43)cc21. The molecule has 0 bridgehead atoms. The van der Waals surface area contributed by atoms with E-state index in [1.165, 1.54) is 215 Å². The van der Waals surface area contributed by atoms with Crippen molar-refractivity contribution in [2.24, 2.45) is 0 Å². The van der Waals surface area contributed by atoms with Gasteiger partial charge in [-0.05, 0) is 280 Å². The molecule has 25 aromatic rings. The summed E-state index contributed by atoms with van der Waals surface area (Å²) < 4.78 is 10.3. The van der Waals surface area contributed by atoms with Crippen molar-refractivity contribution < 1.29 is 5.11 Å². The molecular formula is C137H102N6OS. The predicted octanol–water partition coefficient (Wildman–Crippen LogP) is 36.5. The zero-order valence-electron chi connectivity index (χ0n) is 82.0. The van der Waals surface area contributed by atoms with Gasteiger partial charge in [0.25, 0.3) is 0 Å². The van der Waals surface area contributed by atoms with Crippen LogP contribution in [0.2, 0.25) is 0 Å². The largest absolute Gasteiger partial charge is 0.392 e. The third-order valence-electron chi connectivity index (χ3n) is 32.6. The molecule has 5 heterocycles.